The van der Waals surface area contributed by atoms with Gasteiger partial charge in [-0.05, 0) is 24.3 Å². The third-order valence-electron chi connectivity index (χ3n) is 3.65. The highest BCUT2D eigenvalue weighted by Gasteiger charge is 2.09. The molecule has 0 saturated heterocycles. The molecule has 0 aliphatic heterocycles. The van der Waals surface area contributed by atoms with Crippen LogP contribution in [0.15, 0.2) is 59.2 Å². The third kappa shape index (κ3) is 4.91. The van der Waals surface area contributed by atoms with Gasteiger partial charge in [0.25, 0.3) is 5.91 Å². The highest BCUT2D eigenvalue weighted by atomic mass is 16.5. The standard InChI is InChI=1S/C19H18N2O4/c22-18(20-12-16-5-3-11-24-16)13-25-19(23)10-9-15-8-7-14-4-1-2-6-17(14)21-15/h1-8,11H,9-10,12-13H2,(H,20,22). The molecule has 128 valence electrons. The molecule has 0 fully saturated rings. The molecular weight excluding hydrogens is 320 g/mol. The zero-order chi connectivity index (χ0) is 17.5. The number of hydrogen-bond donors (Lipinski definition) is 1. The zero-order valence-electron chi connectivity index (χ0n) is 13.6. The maximum atomic E-state index is 11.8. The molecule has 0 aliphatic carbocycles. The number of amides is 1. The molecule has 6 heteroatoms. The van der Waals surface area contributed by atoms with Crippen molar-refractivity contribution in [2.75, 3.05) is 6.61 Å². The van der Waals surface area contributed by atoms with Gasteiger partial charge in [-0.3, -0.25) is 14.6 Å². The van der Waals surface area contributed by atoms with Gasteiger partial charge in [-0.25, -0.2) is 0 Å². The number of fused-ring (bicyclic) bond motifs is 1. The molecule has 0 bridgehead atoms. The Morgan fingerprint density at radius 3 is 2.80 bits per heavy atom. The number of carbonyl (C=O) groups excluding carboxylic acids is 2. The molecule has 2 aromatic heterocycles. The number of ether oxygens (including phenoxy) is 1. The Bertz CT molecular complexity index is 859. The SMILES string of the molecule is O=C(COC(=O)CCc1ccc2ccccc2n1)NCc1ccco1. The molecule has 1 amide bonds. The van der Waals surface area contributed by atoms with E-state index in [9.17, 15) is 9.59 Å². The molecular formula is C19H18N2O4. The van der Waals surface area contributed by atoms with Crippen LogP contribution in [0.1, 0.15) is 17.9 Å². The number of furan rings is 1. The Morgan fingerprint density at radius 1 is 1.08 bits per heavy atom. The van der Waals surface area contributed by atoms with Crippen molar-refractivity contribution in [3.8, 4) is 0 Å². The first kappa shape index (κ1) is 16.7. The van der Waals surface area contributed by atoms with E-state index in [0.717, 1.165) is 16.6 Å². The smallest absolute Gasteiger partial charge is 0.306 e. The lowest BCUT2D eigenvalue weighted by Crippen LogP contribution is -2.28. The number of benzene rings is 1. The number of esters is 1. The predicted molar refractivity (Wildman–Crippen MR) is 91.6 cm³/mol. The van der Waals surface area contributed by atoms with E-state index in [4.69, 9.17) is 9.15 Å². The van der Waals surface area contributed by atoms with Crippen molar-refractivity contribution in [1.82, 2.24) is 10.3 Å². The van der Waals surface area contributed by atoms with Crippen molar-refractivity contribution in [2.24, 2.45) is 0 Å². The summed E-state index contributed by atoms with van der Waals surface area (Å²) in [6.07, 6.45) is 2.18. The lowest BCUT2D eigenvalue weighted by Gasteiger charge is -2.06. The average Bonchev–Trinajstić information content (AvgIpc) is 3.16. The topological polar surface area (TPSA) is 81.4 Å². The van der Waals surface area contributed by atoms with Crippen molar-refractivity contribution in [1.29, 1.82) is 0 Å². The summed E-state index contributed by atoms with van der Waals surface area (Å²) in [5.41, 5.74) is 1.71. The molecule has 0 atom stereocenters. The number of para-hydroxylation sites is 1. The van der Waals surface area contributed by atoms with Crippen LogP contribution in [-0.2, 0) is 27.3 Å². The maximum absolute atomic E-state index is 11.8. The van der Waals surface area contributed by atoms with E-state index in [1.165, 1.54) is 6.26 Å². The Balaban J connectivity index is 1.40. The second-order valence-corrected chi connectivity index (χ2v) is 5.51. The first-order chi connectivity index (χ1) is 12.2. The van der Waals surface area contributed by atoms with Gasteiger partial charge in [0.2, 0.25) is 0 Å². The summed E-state index contributed by atoms with van der Waals surface area (Å²) in [6.45, 7) is -0.0327. The van der Waals surface area contributed by atoms with E-state index < -0.39 is 5.97 Å². The second kappa shape index (κ2) is 8.10. The normalized spacial score (nSPS) is 10.6. The molecule has 0 aliphatic rings. The molecule has 6 nitrogen and oxygen atoms in total. The van der Waals surface area contributed by atoms with Crippen LogP contribution in [0.4, 0.5) is 0 Å². The Labute approximate surface area is 144 Å². The minimum atomic E-state index is -0.428. The number of nitrogens with zero attached hydrogens (tertiary/aromatic N) is 1. The second-order valence-electron chi connectivity index (χ2n) is 5.51. The van der Waals surface area contributed by atoms with Gasteiger partial charge in [-0.15, -0.1) is 0 Å². The zero-order valence-corrected chi connectivity index (χ0v) is 13.6. The number of aromatic nitrogens is 1. The average molecular weight is 338 g/mol. The molecule has 3 rings (SSSR count). The van der Waals surface area contributed by atoms with Gasteiger partial charge >= 0.3 is 5.97 Å². The van der Waals surface area contributed by atoms with Crippen LogP contribution in [0, 0.1) is 0 Å². The molecule has 25 heavy (non-hydrogen) atoms. The predicted octanol–water partition coefficient (Wildman–Crippen LogP) is 2.62. The summed E-state index contributed by atoms with van der Waals surface area (Å²) < 4.78 is 10.1. The van der Waals surface area contributed by atoms with Crippen LogP contribution < -0.4 is 5.32 Å². The lowest BCUT2D eigenvalue weighted by atomic mass is 10.1. The number of pyridine rings is 1. The Hall–Kier alpha value is -3.15. The number of nitrogens with one attached hydrogen (secondary N) is 1. The fourth-order valence-corrected chi connectivity index (χ4v) is 2.35. The van der Waals surface area contributed by atoms with Gasteiger partial charge in [0.15, 0.2) is 6.61 Å². The van der Waals surface area contributed by atoms with E-state index >= 15 is 0 Å². The summed E-state index contributed by atoms with van der Waals surface area (Å²) in [4.78, 5) is 27.9. The number of rotatable bonds is 7. The van der Waals surface area contributed by atoms with E-state index in [1.807, 2.05) is 36.4 Å². The summed E-state index contributed by atoms with van der Waals surface area (Å²) in [5, 5.41) is 3.67. The van der Waals surface area contributed by atoms with Crippen molar-refractivity contribution in [3.63, 3.8) is 0 Å². The van der Waals surface area contributed by atoms with Gasteiger partial charge in [-0.2, -0.15) is 0 Å². The fraction of sp³-hybridized carbons (Fsp3) is 0.211. The highest BCUT2D eigenvalue weighted by molar-refractivity contribution is 5.80. The monoisotopic (exact) mass is 338 g/mol. The van der Waals surface area contributed by atoms with Crippen LogP contribution in [0.5, 0.6) is 0 Å². The number of carbonyl (C=O) groups is 2. The summed E-state index contributed by atoms with van der Waals surface area (Å²) in [5.74, 6) is -0.154. The van der Waals surface area contributed by atoms with Crippen LogP contribution in [-0.4, -0.2) is 23.5 Å². The molecule has 1 aromatic carbocycles. The molecule has 0 radical (unpaired) electrons. The van der Waals surface area contributed by atoms with E-state index in [-0.39, 0.29) is 25.5 Å². The summed E-state index contributed by atoms with van der Waals surface area (Å²) in [6, 6.07) is 15.2. The van der Waals surface area contributed by atoms with E-state index in [1.54, 1.807) is 12.1 Å². The van der Waals surface area contributed by atoms with E-state index in [0.29, 0.717) is 12.2 Å². The van der Waals surface area contributed by atoms with Crippen molar-refractivity contribution in [3.05, 3.63) is 66.2 Å². The van der Waals surface area contributed by atoms with E-state index in [2.05, 4.69) is 10.3 Å². The highest BCUT2D eigenvalue weighted by Crippen LogP contribution is 2.12. The van der Waals surface area contributed by atoms with Gasteiger partial charge in [0.1, 0.15) is 5.76 Å². The first-order valence-corrected chi connectivity index (χ1v) is 8.00. The lowest BCUT2D eigenvalue weighted by molar-refractivity contribution is -0.148. The van der Waals surface area contributed by atoms with Crippen molar-refractivity contribution in [2.45, 2.75) is 19.4 Å². The molecule has 0 spiro atoms. The molecule has 2 heterocycles. The maximum Gasteiger partial charge on any atom is 0.306 e. The number of aryl methyl sites for hydroxylation is 1. The van der Waals surface area contributed by atoms with Crippen LogP contribution >= 0.6 is 0 Å². The Kier molecular flexibility index (Phi) is 5.41. The summed E-state index contributed by atoms with van der Waals surface area (Å²) in [7, 11) is 0. The van der Waals surface area contributed by atoms with Crippen molar-refractivity contribution >= 4 is 22.8 Å². The third-order valence-corrected chi connectivity index (χ3v) is 3.65. The van der Waals surface area contributed by atoms with Gasteiger partial charge in [0, 0.05) is 17.5 Å². The van der Waals surface area contributed by atoms with Crippen LogP contribution in [0.3, 0.4) is 0 Å². The first-order valence-electron chi connectivity index (χ1n) is 8.00. The molecule has 1 N–H and O–H groups in total. The minimum absolute atomic E-state index is 0.177. The molecule has 3 aromatic rings. The number of hydrogen-bond acceptors (Lipinski definition) is 5. The molecule has 0 saturated carbocycles. The van der Waals surface area contributed by atoms with Crippen LogP contribution in [0.2, 0.25) is 0 Å². The fourth-order valence-electron chi connectivity index (χ4n) is 2.35. The van der Waals surface area contributed by atoms with Crippen molar-refractivity contribution < 1.29 is 18.7 Å². The van der Waals surface area contributed by atoms with Gasteiger partial charge in [0.05, 0.1) is 24.7 Å². The van der Waals surface area contributed by atoms with Crippen LogP contribution in [0.25, 0.3) is 10.9 Å². The van der Waals surface area contributed by atoms with Gasteiger partial charge < -0.3 is 14.5 Å². The Morgan fingerprint density at radius 2 is 1.96 bits per heavy atom. The molecule has 0 unspecified atom stereocenters. The quantitative estimate of drug-likeness (QED) is 0.670. The minimum Gasteiger partial charge on any atom is -0.467 e. The largest absolute Gasteiger partial charge is 0.467 e. The van der Waals surface area contributed by atoms with Gasteiger partial charge in [-0.1, -0.05) is 24.3 Å². The summed E-state index contributed by atoms with van der Waals surface area (Å²) >= 11 is 0.